The lowest BCUT2D eigenvalue weighted by Crippen LogP contribution is -2.46. The van der Waals surface area contributed by atoms with Crippen LogP contribution in [-0.4, -0.2) is 35.0 Å². The number of anilines is 1. The van der Waals surface area contributed by atoms with Gasteiger partial charge in [0.25, 0.3) is 5.91 Å². The fourth-order valence-corrected chi connectivity index (χ4v) is 4.26. The molecule has 0 aliphatic carbocycles. The van der Waals surface area contributed by atoms with E-state index in [9.17, 15) is 9.59 Å². The van der Waals surface area contributed by atoms with Crippen LogP contribution in [0.3, 0.4) is 0 Å². The highest BCUT2D eigenvalue weighted by molar-refractivity contribution is 7.80. The topological polar surface area (TPSA) is 70.7 Å². The second-order valence-corrected chi connectivity index (χ2v) is 8.88. The lowest BCUT2D eigenvalue weighted by molar-refractivity contribution is -0.143. The average Bonchev–Trinajstić information content (AvgIpc) is 2.82. The van der Waals surface area contributed by atoms with Crippen molar-refractivity contribution in [3.05, 3.63) is 89.1 Å². The van der Waals surface area contributed by atoms with E-state index in [2.05, 4.69) is 10.6 Å². The van der Waals surface area contributed by atoms with Crippen molar-refractivity contribution in [3.63, 3.8) is 0 Å². The maximum absolute atomic E-state index is 13.0. The third-order valence-corrected chi connectivity index (χ3v) is 6.24. The summed E-state index contributed by atoms with van der Waals surface area (Å²) < 4.78 is 5.49. The van der Waals surface area contributed by atoms with E-state index in [0.29, 0.717) is 21.9 Å². The van der Waals surface area contributed by atoms with Crippen LogP contribution in [0.5, 0.6) is 0 Å². The normalized spacial score (nSPS) is 16.0. The Balaban J connectivity index is 1.59. The predicted molar refractivity (Wildman–Crippen MR) is 139 cm³/mol. The number of carbonyl (C=O) groups excluding carboxylic acids is 2. The SMILES string of the molecule is CC1=C(C(=O)OC(C)C)C(c2ccc(NC(=O)c3cccc4ccccc34)cc2)NC(=S)N1C. The number of thiocarbonyl (C=S) groups is 1. The van der Waals surface area contributed by atoms with Crippen LogP contribution >= 0.6 is 12.2 Å². The fourth-order valence-electron chi connectivity index (χ4n) is 4.01. The van der Waals surface area contributed by atoms with Crippen molar-refractivity contribution >= 4 is 45.7 Å². The van der Waals surface area contributed by atoms with E-state index < -0.39 is 6.04 Å². The second-order valence-electron chi connectivity index (χ2n) is 8.50. The van der Waals surface area contributed by atoms with Crippen molar-refractivity contribution in [2.24, 2.45) is 0 Å². The smallest absolute Gasteiger partial charge is 0.338 e. The molecule has 0 bridgehead atoms. The first-order chi connectivity index (χ1) is 16.3. The molecule has 6 nitrogen and oxygen atoms in total. The highest BCUT2D eigenvalue weighted by Crippen LogP contribution is 2.32. The summed E-state index contributed by atoms with van der Waals surface area (Å²) in [6.07, 6.45) is -0.237. The van der Waals surface area contributed by atoms with Gasteiger partial charge >= 0.3 is 5.97 Å². The zero-order valence-electron chi connectivity index (χ0n) is 19.6. The third-order valence-electron chi connectivity index (χ3n) is 5.85. The first kappa shape index (κ1) is 23.4. The van der Waals surface area contributed by atoms with Crippen LogP contribution in [0.4, 0.5) is 5.69 Å². The zero-order chi connectivity index (χ0) is 24.4. The van der Waals surface area contributed by atoms with Crippen molar-refractivity contribution < 1.29 is 14.3 Å². The van der Waals surface area contributed by atoms with Crippen LogP contribution in [0.2, 0.25) is 0 Å². The van der Waals surface area contributed by atoms with Crippen LogP contribution in [-0.2, 0) is 9.53 Å². The molecule has 1 unspecified atom stereocenters. The van der Waals surface area contributed by atoms with Gasteiger partial charge in [-0.15, -0.1) is 0 Å². The summed E-state index contributed by atoms with van der Waals surface area (Å²) in [6, 6.07) is 20.4. The lowest BCUT2D eigenvalue weighted by Gasteiger charge is -2.35. The molecule has 1 heterocycles. The third kappa shape index (κ3) is 4.65. The van der Waals surface area contributed by atoms with Gasteiger partial charge in [-0.1, -0.05) is 48.5 Å². The Kier molecular flexibility index (Phi) is 6.65. The Morgan fingerprint density at radius 1 is 1.03 bits per heavy atom. The van der Waals surface area contributed by atoms with Crippen LogP contribution in [0.1, 0.15) is 42.7 Å². The molecule has 4 rings (SSSR count). The van der Waals surface area contributed by atoms with E-state index in [4.69, 9.17) is 17.0 Å². The highest BCUT2D eigenvalue weighted by atomic mass is 32.1. The summed E-state index contributed by atoms with van der Waals surface area (Å²) in [5.74, 6) is -0.562. The van der Waals surface area contributed by atoms with Crippen LogP contribution in [0, 0.1) is 0 Å². The van der Waals surface area contributed by atoms with Crippen molar-refractivity contribution in [2.45, 2.75) is 32.9 Å². The molecular formula is C27H27N3O3S. The number of hydrogen-bond donors (Lipinski definition) is 2. The van der Waals surface area contributed by atoms with Crippen LogP contribution < -0.4 is 10.6 Å². The number of amides is 1. The summed E-state index contributed by atoms with van der Waals surface area (Å²) >= 11 is 5.46. The molecular weight excluding hydrogens is 446 g/mol. The van der Waals surface area contributed by atoms with E-state index in [1.54, 1.807) is 4.90 Å². The lowest BCUT2D eigenvalue weighted by atomic mass is 9.95. The number of fused-ring (bicyclic) bond motifs is 1. The van der Waals surface area contributed by atoms with Gasteiger partial charge in [-0.25, -0.2) is 4.79 Å². The maximum Gasteiger partial charge on any atom is 0.338 e. The zero-order valence-corrected chi connectivity index (χ0v) is 20.4. The van der Waals surface area contributed by atoms with Gasteiger partial charge < -0.3 is 20.3 Å². The molecule has 1 aliphatic rings. The molecule has 0 aromatic heterocycles. The highest BCUT2D eigenvalue weighted by Gasteiger charge is 2.33. The summed E-state index contributed by atoms with van der Waals surface area (Å²) in [4.78, 5) is 27.6. The molecule has 1 amide bonds. The van der Waals surface area contributed by atoms with E-state index in [0.717, 1.165) is 22.0 Å². The Hall–Kier alpha value is -3.71. The monoisotopic (exact) mass is 473 g/mol. The summed E-state index contributed by atoms with van der Waals surface area (Å²) in [6.45, 7) is 5.50. The summed E-state index contributed by atoms with van der Waals surface area (Å²) in [7, 11) is 1.81. The van der Waals surface area contributed by atoms with Crippen LogP contribution in [0.25, 0.3) is 10.8 Å². The number of rotatable bonds is 5. The van der Waals surface area contributed by atoms with E-state index in [1.807, 2.05) is 94.5 Å². The molecule has 7 heteroatoms. The molecule has 0 spiro atoms. The largest absolute Gasteiger partial charge is 0.459 e. The van der Waals surface area contributed by atoms with Crippen molar-refractivity contribution in [1.29, 1.82) is 0 Å². The molecule has 0 saturated heterocycles. The molecule has 34 heavy (non-hydrogen) atoms. The Labute approximate surface area is 204 Å². The number of esters is 1. The van der Waals surface area contributed by atoms with Crippen molar-refractivity contribution in [3.8, 4) is 0 Å². The number of ether oxygens (including phenoxy) is 1. The van der Waals surface area contributed by atoms with Gasteiger partial charge in [-0.2, -0.15) is 0 Å². The number of hydrogen-bond acceptors (Lipinski definition) is 4. The molecule has 3 aromatic rings. The van der Waals surface area contributed by atoms with Gasteiger partial charge in [-0.05, 0) is 67.5 Å². The van der Waals surface area contributed by atoms with Gasteiger partial charge in [-0.3, -0.25) is 4.79 Å². The van der Waals surface area contributed by atoms with Crippen LogP contribution in [0.15, 0.2) is 78.0 Å². The minimum atomic E-state index is -0.447. The Morgan fingerprint density at radius 2 is 1.71 bits per heavy atom. The number of allylic oxidation sites excluding steroid dienone is 1. The first-order valence-electron chi connectivity index (χ1n) is 11.1. The second kappa shape index (κ2) is 9.65. The van der Waals surface area contributed by atoms with Gasteiger partial charge in [0.1, 0.15) is 0 Å². The van der Waals surface area contributed by atoms with Gasteiger partial charge in [0.2, 0.25) is 0 Å². The summed E-state index contributed by atoms with van der Waals surface area (Å²) in [5.41, 5.74) is 3.37. The molecule has 174 valence electrons. The van der Waals surface area contributed by atoms with E-state index >= 15 is 0 Å². The Morgan fingerprint density at radius 3 is 2.41 bits per heavy atom. The number of nitrogens with one attached hydrogen (secondary N) is 2. The molecule has 1 aliphatic heterocycles. The average molecular weight is 474 g/mol. The molecule has 0 fully saturated rings. The summed E-state index contributed by atoms with van der Waals surface area (Å²) in [5, 5.41) is 8.64. The minimum Gasteiger partial charge on any atom is -0.459 e. The van der Waals surface area contributed by atoms with Gasteiger partial charge in [0.05, 0.1) is 17.7 Å². The Bertz CT molecular complexity index is 1290. The number of nitrogens with zero attached hydrogens (tertiary/aromatic N) is 1. The van der Waals surface area contributed by atoms with Gasteiger partial charge in [0, 0.05) is 24.0 Å². The van der Waals surface area contributed by atoms with Crippen molar-refractivity contribution in [1.82, 2.24) is 10.2 Å². The fraction of sp³-hybridized carbons (Fsp3) is 0.222. The number of carbonyl (C=O) groups is 2. The predicted octanol–water partition coefficient (Wildman–Crippen LogP) is 5.18. The maximum atomic E-state index is 13.0. The molecule has 2 N–H and O–H groups in total. The molecule has 1 atom stereocenters. The van der Waals surface area contributed by atoms with E-state index in [-0.39, 0.29) is 18.0 Å². The number of benzene rings is 3. The quantitative estimate of drug-likeness (QED) is 0.393. The first-order valence-corrected chi connectivity index (χ1v) is 11.5. The van der Waals surface area contributed by atoms with Gasteiger partial charge in [0.15, 0.2) is 5.11 Å². The molecule has 0 saturated carbocycles. The molecule has 0 radical (unpaired) electrons. The minimum absolute atomic E-state index is 0.180. The standard InChI is InChI=1S/C27H27N3O3S/c1-16(2)33-26(32)23-17(3)30(4)27(34)29-24(23)19-12-14-20(15-13-19)28-25(31)22-11-7-9-18-8-5-6-10-21(18)22/h5-16,24H,1-4H3,(H,28,31)(H,29,34). The molecule has 3 aromatic carbocycles. The van der Waals surface area contributed by atoms with E-state index in [1.165, 1.54) is 0 Å². The van der Waals surface area contributed by atoms with Crippen molar-refractivity contribution in [2.75, 3.05) is 12.4 Å².